The van der Waals surface area contributed by atoms with Crippen LogP contribution in [0.5, 0.6) is 5.75 Å². The molecular formula is C41H30N2O2. The summed E-state index contributed by atoms with van der Waals surface area (Å²) < 4.78 is 12.8. The Labute approximate surface area is 261 Å². The Kier molecular flexibility index (Phi) is 6.65. The van der Waals surface area contributed by atoms with Crippen molar-refractivity contribution in [3.8, 4) is 16.9 Å². The molecule has 8 rings (SSSR count). The highest BCUT2D eigenvalue weighted by Gasteiger charge is 2.23. The molecule has 0 bridgehead atoms. The monoisotopic (exact) mass is 582 g/mol. The SMILES string of the molecule is Nc1c(OCc2ccccc2)c(N(c2ccc(-c3ccccc3)cc2)c2ccc3oc4ccccc4c3c2)cc2ccccc12. The van der Waals surface area contributed by atoms with Crippen molar-refractivity contribution in [2.45, 2.75) is 6.61 Å². The summed E-state index contributed by atoms with van der Waals surface area (Å²) in [6, 6.07) is 54.1. The summed E-state index contributed by atoms with van der Waals surface area (Å²) in [4.78, 5) is 2.24. The smallest absolute Gasteiger partial charge is 0.167 e. The molecule has 0 fully saturated rings. The quantitative estimate of drug-likeness (QED) is 0.190. The van der Waals surface area contributed by atoms with E-state index in [0.29, 0.717) is 18.0 Å². The predicted molar refractivity (Wildman–Crippen MR) is 187 cm³/mol. The zero-order valence-corrected chi connectivity index (χ0v) is 24.6. The first-order valence-corrected chi connectivity index (χ1v) is 15.1. The lowest BCUT2D eigenvalue weighted by Crippen LogP contribution is -2.13. The van der Waals surface area contributed by atoms with Crippen LogP contribution in [0.25, 0.3) is 43.8 Å². The highest BCUT2D eigenvalue weighted by atomic mass is 16.5. The Morgan fingerprint density at radius 1 is 0.533 bits per heavy atom. The van der Waals surface area contributed by atoms with Gasteiger partial charge in [0.15, 0.2) is 5.75 Å². The van der Waals surface area contributed by atoms with Gasteiger partial charge >= 0.3 is 0 Å². The number of hydrogen-bond acceptors (Lipinski definition) is 4. The van der Waals surface area contributed by atoms with Crippen molar-refractivity contribution in [3.05, 3.63) is 163 Å². The average Bonchev–Trinajstić information content (AvgIpc) is 3.47. The van der Waals surface area contributed by atoms with Crippen molar-refractivity contribution in [1.29, 1.82) is 0 Å². The van der Waals surface area contributed by atoms with Crippen LogP contribution in [0.2, 0.25) is 0 Å². The molecule has 0 aliphatic heterocycles. The van der Waals surface area contributed by atoms with Crippen LogP contribution < -0.4 is 15.4 Å². The second-order valence-corrected chi connectivity index (χ2v) is 11.2. The summed E-state index contributed by atoms with van der Waals surface area (Å²) in [6.07, 6.45) is 0. The molecule has 8 aromatic rings. The number of nitrogens with zero attached hydrogens (tertiary/aromatic N) is 1. The van der Waals surface area contributed by atoms with E-state index in [1.165, 1.54) is 5.56 Å². The molecule has 4 nitrogen and oxygen atoms in total. The third-order valence-electron chi connectivity index (χ3n) is 8.34. The first-order chi connectivity index (χ1) is 22.2. The van der Waals surface area contributed by atoms with Crippen LogP contribution in [0.15, 0.2) is 162 Å². The van der Waals surface area contributed by atoms with E-state index in [0.717, 1.165) is 60.9 Å². The number of para-hydroxylation sites is 1. The first-order valence-electron chi connectivity index (χ1n) is 15.1. The van der Waals surface area contributed by atoms with E-state index < -0.39 is 0 Å². The lowest BCUT2D eigenvalue weighted by molar-refractivity contribution is 0.309. The average molecular weight is 583 g/mol. The Morgan fingerprint density at radius 3 is 1.96 bits per heavy atom. The minimum absolute atomic E-state index is 0.391. The fraction of sp³-hybridized carbons (Fsp3) is 0.0244. The zero-order valence-electron chi connectivity index (χ0n) is 24.6. The third-order valence-corrected chi connectivity index (χ3v) is 8.34. The van der Waals surface area contributed by atoms with Crippen LogP contribution in [0.1, 0.15) is 5.56 Å². The largest absolute Gasteiger partial charge is 0.485 e. The van der Waals surface area contributed by atoms with E-state index >= 15 is 0 Å². The maximum Gasteiger partial charge on any atom is 0.167 e. The van der Waals surface area contributed by atoms with E-state index in [9.17, 15) is 0 Å². The summed E-state index contributed by atoms with van der Waals surface area (Å²) in [6.45, 7) is 0.391. The van der Waals surface area contributed by atoms with Gasteiger partial charge in [0.25, 0.3) is 0 Å². The molecule has 45 heavy (non-hydrogen) atoms. The fourth-order valence-corrected chi connectivity index (χ4v) is 6.10. The number of nitrogen functional groups attached to an aromatic ring is 1. The van der Waals surface area contributed by atoms with E-state index in [1.807, 2.05) is 66.7 Å². The van der Waals surface area contributed by atoms with Crippen LogP contribution in [0.4, 0.5) is 22.7 Å². The van der Waals surface area contributed by atoms with Crippen LogP contribution in [0.3, 0.4) is 0 Å². The third kappa shape index (κ3) is 4.92. The van der Waals surface area contributed by atoms with Crippen molar-refractivity contribution in [2.75, 3.05) is 10.6 Å². The molecule has 0 amide bonds. The zero-order chi connectivity index (χ0) is 30.2. The topological polar surface area (TPSA) is 51.6 Å². The van der Waals surface area contributed by atoms with Crippen LogP contribution in [0, 0.1) is 0 Å². The second kappa shape index (κ2) is 11.3. The Morgan fingerprint density at radius 2 is 1.16 bits per heavy atom. The standard InChI is InChI=1S/C41H30N2O2/c42-40-34-16-8-7-15-31(34)25-37(41(40)44-27-28-11-3-1-4-12-28)43(32-21-19-30(20-22-32)29-13-5-2-6-14-29)33-23-24-39-36(26-33)35-17-9-10-18-38(35)45-39/h1-26H,27,42H2. The van der Waals surface area contributed by atoms with Gasteiger partial charge in [-0.05, 0) is 64.5 Å². The van der Waals surface area contributed by atoms with Gasteiger partial charge in [0.05, 0.1) is 11.4 Å². The van der Waals surface area contributed by atoms with Crippen molar-refractivity contribution >= 4 is 55.5 Å². The van der Waals surface area contributed by atoms with Crippen molar-refractivity contribution in [1.82, 2.24) is 0 Å². The molecule has 0 radical (unpaired) electrons. The van der Waals surface area contributed by atoms with Crippen molar-refractivity contribution in [3.63, 3.8) is 0 Å². The number of fused-ring (bicyclic) bond motifs is 4. The number of anilines is 4. The van der Waals surface area contributed by atoms with Crippen LogP contribution in [-0.4, -0.2) is 0 Å². The van der Waals surface area contributed by atoms with Gasteiger partial charge in [-0.15, -0.1) is 0 Å². The van der Waals surface area contributed by atoms with Crippen LogP contribution >= 0.6 is 0 Å². The minimum Gasteiger partial charge on any atom is -0.485 e. The summed E-state index contributed by atoms with van der Waals surface area (Å²) >= 11 is 0. The van der Waals surface area contributed by atoms with E-state index in [-0.39, 0.29) is 0 Å². The van der Waals surface area contributed by atoms with Crippen LogP contribution in [-0.2, 0) is 6.61 Å². The van der Waals surface area contributed by atoms with Gasteiger partial charge in [-0.25, -0.2) is 0 Å². The molecule has 2 N–H and O–H groups in total. The van der Waals surface area contributed by atoms with Crippen molar-refractivity contribution in [2.24, 2.45) is 0 Å². The molecule has 0 saturated heterocycles. The maximum absolute atomic E-state index is 6.96. The minimum atomic E-state index is 0.391. The van der Waals surface area contributed by atoms with E-state index in [1.54, 1.807) is 0 Å². The molecular weight excluding hydrogens is 552 g/mol. The molecule has 0 unspecified atom stereocenters. The Balaban J connectivity index is 1.34. The lowest BCUT2D eigenvalue weighted by Gasteiger charge is -2.29. The molecule has 0 aliphatic rings. The van der Waals surface area contributed by atoms with Gasteiger partial charge in [0.1, 0.15) is 17.8 Å². The molecule has 0 aliphatic carbocycles. The molecule has 0 spiro atoms. The van der Waals surface area contributed by atoms with Gasteiger partial charge in [0.2, 0.25) is 0 Å². The number of nitrogens with two attached hydrogens (primary N) is 1. The number of rotatable bonds is 7. The molecule has 4 heteroatoms. The Hall–Kier alpha value is -6.00. The normalized spacial score (nSPS) is 11.3. The van der Waals surface area contributed by atoms with E-state index in [2.05, 4.69) is 95.9 Å². The number of benzene rings is 7. The number of furan rings is 1. The highest BCUT2D eigenvalue weighted by molar-refractivity contribution is 6.07. The van der Waals surface area contributed by atoms with Gasteiger partial charge in [-0.1, -0.05) is 115 Å². The summed E-state index contributed by atoms with van der Waals surface area (Å²) in [5.41, 5.74) is 15.5. The maximum atomic E-state index is 6.96. The summed E-state index contributed by atoms with van der Waals surface area (Å²) in [7, 11) is 0. The second-order valence-electron chi connectivity index (χ2n) is 11.2. The van der Waals surface area contributed by atoms with Gasteiger partial charge in [-0.2, -0.15) is 0 Å². The lowest BCUT2D eigenvalue weighted by atomic mass is 10.0. The predicted octanol–water partition coefficient (Wildman–Crippen LogP) is 11.0. The molecule has 1 heterocycles. The van der Waals surface area contributed by atoms with Crippen molar-refractivity contribution < 1.29 is 9.15 Å². The summed E-state index contributed by atoms with van der Waals surface area (Å²) in [5, 5.41) is 4.12. The molecule has 0 atom stereocenters. The fourth-order valence-electron chi connectivity index (χ4n) is 6.10. The number of hydrogen-bond donors (Lipinski definition) is 1. The first kappa shape index (κ1) is 26.6. The molecule has 216 valence electrons. The molecule has 1 aromatic heterocycles. The van der Waals surface area contributed by atoms with E-state index in [4.69, 9.17) is 14.9 Å². The number of ether oxygens (including phenoxy) is 1. The highest BCUT2D eigenvalue weighted by Crippen LogP contribution is 2.47. The Bertz CT molecular complexity index is 2270. The summed E-state index contributed by atoms with van der Waals surface area (Å²) in [5.74, 6) is 0.641. The van der Waals surface area contributed by atoms with Gasteiger partial charge in [0, 0.05) is 27.5 Å². The molecule has 0 saturated carbocycles. The molecule has 7 aromatic carbocycles. The van der Waals surface area contributed by atoms with Gasteiger partial charge < -0.3 is 19.8 Å². The van der Waals surface area contributed by atoms with Gasteiger partial charge in [-0.3, -0.25) is 0 Å².